The van der Waals surface area contributed by atoms with E-state index in [0.717, 1.165) is 16.8 Å². The summed E-state index contributed by atoms with van der Waals surface area (Å²) < 4.78 is -0.902. The molecule has 0 aromatic heterocycles. The third-order valence-electron chi connectivity index (χ3n) is 8.63. The molecule has 2 aromatic carbocycles. The van der Waals surface area contributed by atoms with Crippen molar-refractivity contribution in [2.24, 2.45) is 17.8 Å². The van der Waals surface area contributed by atoms with Crippen molar-refractivity contribution in [2.45, 2.75) is 49.3 Å². The summed E-state index contributed by atoms with van der Waals surface area (Å²) in [6, 6.07) is 13.4. The van der Waals surface area contributed by atoms with E-state index < -0.39 is 34.6 Å². The van der Waals surface area contributed by atoms with Crippen LogP contribution in [0.15, 0.2) is 61.2 Å². The molecular formula is C30H34N2O5S. The van der Waals surface area contributed by atoms with E-state index in [2.05, 4.69) is 6.58 Å². The van der Waals surface area contributed by atoms with Crippen molar-refractivity contribution >= 4 is 35.2 Å². The van der Waals surface area contributed by atoms with Gasteiger partial charge in [-0.1, -0.05) is 55.5 Å². The number of rotatable bonds is 8. The number of amides is 2. The molecule has 3 aliphatic rings. The van der Waals surface area contributed by atoms with Crippen molar-refractivity contribution in [2.75, 3.05) is 18.1 Å². The minimum Gasteiger partial charge on any atom is -0.481 e. The molecule has 2 bridgehead atoms. The highest BCUT2D eigenvalue weighted by molar-refractivity contribution is 8.02. The number of benzene rings is 2. The zero-order valence-electron chi connectivity index (χ0n) is 21.9. The SMILES string of the molecule is C=CCN(C(=O)C1N([C@H](CO)c2ccccc2)C(=O)[C@@H]2[C@H](C(=O)O)[C@@H]3CC(C)C12S3)c1cc(C)ccc1C. The van der Waals surface area contributed by atoms with Crippen LogP contribution in [0.25, 0.3) is 0 Å². The molecule has 7 atom stereocenters. The lowest BCUT2D eigenvalue weighted by molar-refractivity contribution is -0.149. The van der Waals surface area contributed by atoms with Gasteiger partial charge in [0, 0.05) is 17.5 Å². The molecule has 3 unspecified atom stereocenters. The average molecular weight is 535 g/mol. The zero-order valence-corrected chi connectivity index (χ0v) is 22.7. The molecule has 3 aliphatic heterocycles. The number of carbonyl (C=O) groups is 3. The lowest BCUT2D eigenvalue weighted by atomic mass is 9.66. The molecule has 3 saturated heterocycles. The fourth-order valence-electron chi connectivity index (χ4n) is 6.98. The number of nitrogens with zero attached hydrogens (tertiary/aromatic N) is 2. The van der Waals surface area contributed by atoms with E-state index in [1.54, 1.807) is 11.0 Å². The number of likely N-dealkylation sites (tertiary alicyclic amines) is 1. The number of hydrogen-bond donors (Lipinski definition) is 2. The minimum absolute atomic E-state index is 0.0553. The maximum Gasteiger partial charge on any atom is 0.308 e. The lowest BCUT2D eigenvalue weighted by Gasteiger charge is -2.42. The summed E-state index contributed by atoms with van der Waals surface area (Å²) in [6.45, 7) is 9.67. The van der Waals surface area contributed by atoms with Gasteiger partial charge in [-0.2, -0.15) is 0 Å². The molecule has 1 spiro atoms. The Bertz CT molecular complexity index is 1280. The summed E-state index contributed by atoms with van der Waals surface area (Å²) in [5, 5.41) is 20.6. The van der Waals surface area contributed by atoms with Crippen LogP contribution >= 0.6 is 11.8 Å². The van der Waals surface area contributed by atoms with Gasteiger partial charge in [0.2, 0.25) is 5.91 Å². The second kappa shape index (κ2) is 9.89. The zero-order chi connectivity index (χ0) is 27.4. The highest BCUT2D eigenvalue weighted by Crippen LogP contribution is 2.69. The molecule has 2 N–H and O–H groups in total. The lowest BCUT2D eigenvalue weighted by Crippen LogP contribution is -2.58. The van der Waals surface area contributed by atoms with Crippen LogP contribution in [-0.2, 0) is 14.4 Å². The molecule has 7 nitrogen and oxygen atoms in total. The van der Waals surface area contributed by atoms with E-state index in [4.69, 9.17) is 0 Å². The molecule has 0 saturated carbocycles. The minimum atomic E-state index is -1.000. The first-order valence-electron chi connectivity index (χ1n) is 13.1. The van der Waals surface area contributed by atoms with Gasteiger partial charge < -0.3 is 20.0 Å². The van der Waals surface area contributed by atoms with Crippen LogP contribution < -0.4 is 4.90 Å². The summed E-state index contributed by atoms with van der Waals surface area (Å²) in [5.41, 5.74) is 3.36. The van der Waals surface area contributed by atoms with Gasteiger partial charge in [0.1, 0.15) is 6.04 Å². The van der Waals surface area contributed by atoms with Crippen molar-refractivity contribution in [3.8, 4) is 0 Å². The molecule has 2 aromatic rings. The quantitative estimate of drug-likeness (QED) is 0.498. The largest absolute Gasteiger partial charge is 0.481 e. The molecule has 8 heteroatoms. The number of carbonyl (C=O) groups excluding carboxylic acids is 2. The average Bonchev–Trinajstić information content (AvgIpc) is 3.49. The van der Waals surface area contributed by atoms with Crippen LogP contribution in [0.3, 0.4) is 0 Å². The van der Waals surface area contributed by atoms with Crippen LogP contribution in [0.1, 0.15) is 36.1 Å². The van der Waals surface area contributed by atoms with E-state index in [0.29, 0.717) is 12.0 Å². The first-order valence-corrected chi connectivity index (χ1v) is 13.9. The van der Waals surface area contributed by atoms with Crippen LogP contribution in [0.2, 0.25) is 0 Å². The van der Waals surface area contributed by atoms with E-state index in [1.165, 1.54) is 16.7 Å². The predicted octanol–water partition coefficient (Wildman–Crippen LogP) is 3.98. The second-order valence-electron chi connectivity index (χ2n) is 10.8. The summed E-state index contributed by atoms with van der Waals surface area (Å²) in [5.74, 6) is -3.39. The Hall–Kier alpha value is -3.10. The molecule has 2 amide bonds. The van der Waals surface area contributed by atoms with Gasteiger partial charge in [-0.15, -0.1) is 18.3 Å². The van der Waals surface area contributed by atoms with E-state index in [1.807, 2.05) is 69.3 Å². The number of thioether (sulfide) groups is 1. The molecule has 3 heterocycles. The fraction of sp³-hybridized carbons (Fsp3) is 0.433. The molecule has 5 rings (SSSR count). The van der Waals surface area contributed by atoms with Crippen molar-refractivity contribution in [1.82, 2.24) is 4.90 Å². The normalized spacial score (nSPS) is 30.3. The predicted molar refractivity (Wildman–Crippen MR) is 148 cm³/mol. The summed E-state index contributed by atoms with van der Waals surface area (Å²) in [7, 11) is 0. The van der Waals surface area contributed by atoms with Gasteiger partial charge in [-0.25, -0.2) is 0 Å². The van der Waals surface area contributed by atoms with Crippen LogP contribution in [0.5, 0.6) is 0 Å². The van der Waals surface area contributed by atoms with Crippen molar-refractivity contribution in [3.63, 3.8) is 0 Å². The summed E-state index contributed by atoms with van der Waals surface area (Å²) >= 11 is 1.50. The number of anilines is 1. The Balaban J connectivity index is 1.70. The monoisotopic (exact) mass is 534 g/mol. The van der Waals surface area contributed by atoms with E-state index in [9.17, 15) is 24.6 Å². The van der Waals surface area contributed by atoms with Crippen molar-refractivity contribution in [1.29, 1.82) is 0 Å². The highest BCUT2D eigenvalue weighted by atomic mass is 32.2. The number of carboxylic acids is 1. The number of aliphatic carboxylic acids is 1. The molecule has 0 aliphatic carbocycles. The Labute approximate surface area is 227 Å². The number of hydrogen-bond acceptors (Lipinski definition) is 5. The van der Waals surface area contributed by atoms with Gasteiger partial charge in [0.05, 0.1) is 29.2 Å². The second-order valence-corrected chi connectivity index (χ2v) is 12.3. The van der Waals surface area contributed by atoms with Crippen molar-refractivity contribution in [3.05, 3.63) is 77.9 Å². The van der Waals surface area contributed by atoms with Gasteiger partial charge in [-0.05, 0) is 48.9 Å². The van der Waals surface area contributed by atoms with Gasteiger partial charge in [-0.3, -0.25) is 14.4 Å². The maximum atomic E-state index is 14.8. The Morgan fingerprint density at radius 1 is 1.24 bits per heavy atom. The molecular weight excluding hydrogens is 500 g/mol. The van der Waals surface area contributed by atoms with Gasteiger partial charge >= 0.3 is 5.97 Å². The number of aliphatic hydroxyl groups excluding tert-OH is 1. The van der Waals surface area contributed by atoms with Crippen LogP contribution in [0, 0.1) is 31.6 Å². The van der Waals surface area contributed by atoms with Gasteiger partial charge in [0.15, 0.2) is 0 Å². The third kappa shape index (κ3) is 3.80. The smallest absolute Gasteiger partial charge is 0.308 e. The molecule has 0 radical (unpaired) electrons. The third-order valence-corrected chi connectivity index (χ3v) is 10.7. The number of carboxylic acid groups (broad SMARTS) is 1. The molecule has 3 fully saturated rings. The molecule has 200 valence electrons. The maximum absolute atomic E-state index is 14.8. The first-order chi connectivity index (χ1) is 18.2. The first kappa shape index (κ1) is 26.5. The van der Waals surface area contributed by atoms with Crippen LogP contribution in [-0.4, -0.2) is 62.1 Å². The number of aryl methyl sites for hydroxylation is 2. The van der Waals surface area contributed by atoms with Crippen molar-refractivity contribution < 1.29 is 24.6 Å². The number of aliphatic hydroxyl groups is 1. The summed E-state index contributed by atoms with van der Waals surface area (Å²) in [6.07, 6.45) is 2.29. The fourth-order valence-corrected chi connectivity index (χ4v) is 9.38. The van der Waals surface area contributed by atoms with Gasteiger partial charge in [0.25, 0.3) is 5.91 Å². The van der Waals surface area contributed by atoms with E-state index in [-0.39, 0.29) is 36.1 Å². The Kier molecular flexibility index (Phi) is 6.90. The molecule has 38 heavy (non-hydrogen) atoms. The topological polar surface area (TPSA) is 98.2 Å². The summed E-state index contributed by atoms with van der Waals surface area (Å²) in [4.78, 5) is 44.8. The number of fused-ring (bicyclic) bond motifs is 1. The Morgan fingerprint density at radius 3 is 2.58 bits per heavy atom. The van der Waals surface area contributed by atoms with E-state index >= 15 is 0 Å². The van der Waals surface area contributed by atoms with Crippen LogP contribution in [0.4, 0.5) is 5.69 Å². The Morgan fingerprint density at radius 2 is 1.95 bits per heavy atom. The highest BCUT2D eigenvalue weighted by Gasteiger charge is 2.77. The standard InChI is InChI=1S/C30H34N2O5S/c1-5-13-31(21-14-17(2)11-12-18(21)3)28(35)26-30-19(4)15-23(38-30)24(29(36)37)25(30)27(34)32(26)22(16-33)20-9-7-6-8-10-20/h5-12,14,19,22-26,33H,1,13,15-16H2,2-4H3,(H,36,37)/t19?,22-,23+,24-,25+,26?,30?/m1/s1.